The molecule has 1 aromatic rings. The molecule has 1 atom stereocenters. The van der Waals surface area contributed by atoms with E-state index in [4.69, 9.17) is 16.3 Å². The maximum absolute atomic E-state index is 13.8. The number of aliphatic hydroxyl groups is 1. The summed E-state index contributed by atoms with van der Waals surface area (Å²) in [6, 6.07) is 4.13. The second kappa shape index (κ2) is 5.68. The second-order valence-electron chi connectivity index (χ2n) is 5.46. The highest BCUT2D eigenvalue weighted by Gasteiger charge is 2.36. The van der Waals surface area contributed by atoms with Gasteiger partial charge in [-0.25, -0.2) is 4.39 Å². The van der Waals surface area contributed by atoms with E-state index in [-0.39, 0.29) is 23.7 Å². The molecule has 0 aliphatic carbocycles. The number of morpholine rings is 1. The van der Waals surface area contributed by atoms with Crippen LogP contribution in [-0.2, 0) is 4.74 Å². The zero-order chi connectivity index (χ0) is 14.9. The Kier molecular flexibility index (Phi) is 4.32. The van der Waals surface area contributed by atoms with E-state index in [1.165, 1.54) is 23.1 Å². The molecule has 110 valence electrons. The molecule has 1 aliphatic rings. The Balaban J connectivity index is 2.28. The van der Waals surface area contributed by atoms with Crippen molar-refractivity contribution in [2.45, 2.75) is 25.6 Å². The molecule has 1 heterocycles. The van der Waals surface area contributed by atoms with Crippen molar-refractivity contribution < 1.29 is 19.0 Å². The van der Waals surface area contributed by atoms with Crippen LogP contribution >= 0.6 is 11.6 Å². The first-order chi connectivity index (χ1) is 9.34. The second-order valence-corrected chi connectivity index (χ2v) is 5.87. The molecule has 4 nitrogen and oxygen atoms in total. The van der Waals surface area contributed by atoms with E-state index >= 15 is 0 Å². The standard InChI is InChI=1S/C14H17ClFNO3/c1-14(2)8-17(6-9(7-18)20-14)13(19)12-10(15)4-3-5-11(12)16/h3-5,9,18H,6-8H2,1-2H3. The molecule has 1 aliphatic heterocycles. The van der Waals surface area contributed by atoms with Gasteiger partial charge >= 0.3 is 0 Å². The minimum atomic E-state index is -0.646. The number of ether oxygens (including phenoxy) is 1. The molecule has 1 unspecified atom stereocenters. The van der Waals surface area contributed by atoms with Gasteiger partial charge in [0, 0.05) is 13.1 Å². The van der Waals surface area contributed by atoms with Crippen molar-refractivity contribution >= 4 is 17.5 Å². The van der Waals surface area contributed by atoms with E-state index in [2.05, 4.69) is 0 Å². The summed E-state index contributed by atoms with van der Waals surface area (Å²) in [6.45, 7) is 3.96. The van der Waals surface area contributed by atoms with E-state index in [1.54, 1.807) is 0 Å². The minimum absolute atomic E-state index is 0.0832. The number of rotatable bonds is 2. The Hall–Kier alpha value is -1.17. The molecule has 6 heteroatoms. The van der Waals surface area contributed by atoms with Crippen molar-refractivity contribution in [3.63, 3.8) is 0 Å². The first-order valence-corrected chi connectivity index (χ1v) is 6.74. The van der Waals surface area contributed by atoms with E-state index in [0.717, 1.165) is 0 Å². The molecule has 0 bridgehead atoms. The summed E-state index contributed by atoms with van der Waals surface area (Å²) in [7, 11) is 0. The lowest BCUT2D eigenvalue weighted by Crippen LogP contribution is -2.55. The van der Waals surface area contributed by atoms with Gasteiger partial charge in [0.1, 0.15) is 5.82 Å². The van der Waals surface area contributed by atoms with Crippen LogP contribution in [0.2, 0.25) is 5.02 Å². The topological polar surface area (TPSA) is 49.8 Å². The van der Waals surface area contributed by atoms with Crippen molar-refractivity contribution in [3.8, 4) is 0 Å². The van der Waals surface area contributed by atoms with Gasteiger partial charge in [0.25, 0.3) is 5.91 Å². The van der Waals surface area contributed by atoms with Gasteiger partial charge in [-0.05, 0) is 26.0 Å². The summed E-state index contributed by atoms with van der Waals surface area (Å²) < 4.78 is 19.4. The molecule has 1 saturated heterocycles. The first-order valence-electron chi connectivity index (χ1n) is 6.36. The van der Waals surface area contributed by atoms with Gasteiger partial charge in [0.15, 0.2) is 0 Å². The van der Waals surface area contributed by atoms with Crippen LogP contribution in [0.4, 0.5) is 4.39 Å². The van der Waals surface area contributed by atoms with Crippen molar-refractivity contribution in [1.82, 2.24) is 4.90 Å². The molecule has 0 radical (unpaired) electrons. The van der Waals surface area contributed by atoms with Gasteiger partial charge in [0.05, 0.1) is 28.9 Å². The number of halogens is 2. The average Bonchev–Trinajstić information content (AvgIpc) is 2.36. The number of carbonyl (C=O) groups excluding carboxylic acids is 1. The molecule has 0 saturated carbocycles. The lowest BCUT2D eigenvalue weighted by molar-refractivity contribution is -0.139. The molecular weight excluding hydrogens is 285 g/mol. The summed E-state index contributed by atoms with van der Waals surface area (Å²) in [5.74, 6) is -1.13. The third-order valence-electron chi connectivity index (χ3n) is 3.15. The minimum Gasteiger partial charge on any atom is -0.394 e. The number of amides is 1. The van der Waals surface area contributed by atoms with Crippen molar-refractivity contribution in [2.75, 3.05) is 19.7 Å². The molecule has 1 N–H and O–H groups in total. The molecule has 20 heavy (non-hydrogen) atoms. The van der Waals surface area contributed by atoms with Crippen LogP contribution in [0.3, 0.4) is 0 Å². The quantitative estimate of drug-likeness (QED) is 0.910. The first kappa shape index (κ1) is 15.2. The van der Waals surface area contributed by atoms with Crippen LogP contribution in [0.15, 0.2) is 18.2 Å². The van der Waals surface area contributed by atoms with Gasteiger partial charge in [-0.1, -0.05) is 17.7 Å². The van der Waals surface area contributed by atoms with Crippen LogP contribution in [0, 0.1) is 5.82 Å². The summed E-state index contributed by atoms with van der Waals surface area (Å²) in [5.41, 5.74) is -0.734. The summed E-state index contributed by atoms with van der Waals surface area (Å²) >= 11 is 5.92. The number of aliphatic hydroxyl groups excluding tert-OH is 1. The summed E-state index contributed by atoms with van der Waals surface area (Å²) in [6.07, 6.45) is -0.478. The lowest BCUT2D eigenvalue weighted by atomic mass is 10.0. The molecule has 0 spiro atoms. The van der Waals surface area contributed by atoms with Crippen molar-refractivity contribution in [1.29, 1.82) is 0 Å². The fraction of sp³-hybridized carbons (Fsp3) is 0.500. The molecule has 1 fully saturated rings. The van der Waals surface area contributed by atoms with E-state index in [1.807, 2.05) is 13.8 Å². The number of hydrogen-bond acceptors (Lipinski definition) is 3. The molecule has 2 rings (SSSR count). The predicted molar refractivity (Wildman–Crippen MR) is 73.4 cm³/mol. The third kappa shape index (κ3) is 3.11. The van der Waals surface area contributed by atoms with Crippen molar-refractivity contribution in [2.24, 2.45) is 0 Å². The average molecular weight is 302 g/mol. The van der Waals surface area contributed by atoms with Crippen LogP contribution in [0.5, 0.6) is 0 Å². The Bertz CT molecular complexity index is 501. The highest BCUT2D eigenvalue weighted by atomic mass is 35.5. The fourth-order valence-corrected chi connectivity index (χ4v) is 2.65. The third-order valence-corrected chi connectivity index (χ3v) is 3.46. The predicted octanol–water partition coefficient (Wildman–Crippen LogP) is 2.09. The van der Waals surface area contributed by atoms with Gasteiger partial charge in [-0.3, -0.25) is 4.79 Å². The Morgan fingerprint density at radius 3 is 2.90 bits per heavy atom. The Morgan fingerprint density at radius 2 is 2.30 bits per heavy atom. The molecule has 0 aromatic heterocycles. The maximum atomic E-state index is 13.8. The lowest BCUT2D eigenvalue weighted by Gasteiger charge is -2.42. The zero-order valence-electron chi connectivity index (χ0n) is 11.4. The van der Waals surface area contributed by atoms with Crippen LogP contribution in [0.1, 0.15) is 24.2 Å². The normalized spacial score (nSPS) is 21.9. The van der Waals surface area contributed by atoms with Gasteiger partial charge in [-0.15, -0.1) is 0 Å². The fourth-order valence-electron chi connectivity index (χ4n) is 2.41. The molecular formula is C14H17ClFNO3. The highest BCUT2D eigenvalue weighted by Crippen LogP contribution is 2.26. The van der Waals surface area contributed by atoms with Gasteiger partial charge in [-0.2, -0.15) is 0 Å². The SMILES string of the molecule is CC1(C)CN(C(=O)c2c(F)cccc2Cl)CC(CO)O1. The number of benzene rings is 1. The smallest absolute Gasteiger partial charge is 0.258 e. The van der Waals surface area contributed by atoms with E-state index < -0.39 is 23.4 Å². The zero-order valence-corrected chi connectivity index (χ0v) is 12.2. The monoisotopic (exact) mass is 301 g/mol. The highest BCUT2D eigenvalue weighted by molar-refractivity contribution is 6.33. The summed E-state index contributed by atoms with van der Waals surface area (Å²) in [5, 5.41) is 9.32. The van der Waals surface area contributed by atoms with Crippen LogP contribution in [-0.4, -0.2) is 47.3 Å². The largest absolute Gasteiger partial charge is 0.394 e. The Morgan fingerprint density at radius 1 is 1.60 bits per heavy atom. The Labute approximate surface area is 122 Å². The number of hydrogen-bond donors (Lipinski definition) is 1. The number of nitrogens with zero attached hydrogens (tertiary/aromatic N) is 1. The van der Waals surface area contributed by atoms with Gasteiger partial charge < -0.3 is 14.7 Å². The van der Waals surface area contributed by atoms with Crippen LogP contribution in [0.25, 0.3) is 0 Å². The van der Waals surface area contributed by atoms with Crippen LogP contribution < -0.4 is 0 Å². The molecule has 1 amide bonds. The van der Waals surface area contributed by atoms with Crippen molar-refractivity contribution in [3.05, 3.63) is 34.6 Å². The van der Waals surface area contributed by atoms with E-state index in [9.17, 15) is 14.3 Å². The number of carbonyl (C=O) groups is 1. The maximum Gasteiger partial charge on any atom is 0.258 e. The summed E-state index contributed by atoms with van der Waals surface area (Å²) in [4.78, 5) is 13.9. The van der Waals surface area contributed by atoms with E-state index in [0.29, 0.717) is 6.54 Å². The van der Waals surface area contributed by atoms with Gasteiger partial charge in [0.2, 0.25) is 0 Å². The molecule has 1 aromatic carbocycles.